The van der Waals surface area contributed by atoms with Gasteiger partial charge in [-0.2, -0.15) is 0 Å². The second kappa shape index (κ2) is 4.16. The largest absolute Gasteiger partial charge is 0.327 e. The molecule has 70 valence electrons. The maximum Gasteiger partial charge on any atom is 0.0246 e. The lowest BCUT2D eigenvalue weighted by atomic mass is 10.3. The van der Waals surface area contributed by atoms with Crippen molar-refractivity contribution in [3.8, 4) is 0 Å². The van der Waals surface area contributed by atoms with E-state index in [1.54, 1.807) is 0 Å². The van der Waals surface area contributed by atoms with Crippen molar-refractivity contribution >= 4 is 11.8 Å². The first-order valence-corrected chi connectivity index (χ1v) is 5.71. The Kier molecular flexibility index (Phi) is 2.91. The molecule has 2 rings (SSSR count). The third kappa shape index (κ3) is 2.26. The maximum absolute atomic E-state index is 6.01. The van der Waals surface area contributed by atoms with E-state index in [9.17, 15) is 0 Å². The van der Waals surface area contributed by atoms with E-state index >= 15 is 0 Å². The van der Waals surface area contributed by atoms with E-state index in [2.05, 4.69) is 30.3 Å². The smallest absolute Gasteiger partial charge is 0.0246 e. The van der Waals surface area contributed by atoms with Gasteiger partial charge in [-0.05, 0) is 25.0 Å². The van der Waals surface area contributed by atoms with Gasteiger partial charge in [-0.3, -0.25) is 0 Å². The molecule has 0 aromatic heterocycles. The van der Waals surface area contributed by atoms with Crippen LogP contribution in [0.15, 0.2) is 35.2 Å². The van der Waals surface area contributed by atoms with Gasteiger partial charge in [-0.1, -0.05) is 24.6 Å². The molecule has 1 aliphatic rings. The van der Waals surface area contributed by atoms with Crippen LogP contribution in [0.3, 0.4) is 0 Å². The van der Waals surface area contributed by atoms with Crippen molar-refractivity contribution in [3.63, 3.8) is 0 Å². The fourth-order valence-corrected chi connectivity index (χ4v) is 3.03. The molecule has 2 atom stereocenters. The van der Waals surface area contributed by atoms with Gasteiger partial charge >= 0.3 is 0 Å². The van der Waals surface area contributed by atoms with Gasteiger partial charge in [-0.25, -0.2) is 0 Å². The summed E-state index contributed by atoms with van der Waals surface area (Å²) in [6.45, 7) is 0. The third-order valence-electron chi connectivity index (χ3n) is 2.53. The van der Waals surface area contributed by atoms with Crippen LogP contribution in [0, 0.1) is 0 Å². The number of rotatable bonds is 2. The summed E-state index contributed by atoms with van der Waals surface area (Å²) in [5.74, 6) is 0. The van der Waals surface area contributed by atoms with Crippen LogP contribution in [0.25, 0.3) is 0 Å². The van der Waals surface area contributed by atoms with Gasteiger partial charge < -0.3 is 5.73 Å². The Morgan fingerprint density at radius 3 is 2.54 bits per heavy atom. The third-order valence-corrected chi connectivity index (χ3v) is 3.97. The van der Waals surface area contributed by atoms with Gasteiger partial charge in [0.2, 0.25) is 0 Å². The van der Waals surface area contributed by atoms with Crippen LogP contribution in [0.5, 0.6) is 0 Å². The summed E-state index contributed by atoms with van der Waals surface area (Å²) in [6.07, 6.45) is 3.77. The average Bonchev–Trinajstić information content (AvgIpc) is 2.54. The molecule has 1 nitrogen and oxygen atoms in total. The minimum Gasteiger partial charge on any atom is -0.327 e. The standard InChI is InChI=1S/C11H15NS/c12-10-7-4-8-11(10)13-9-5-2-1-3-6-9/h1-3,5-6,10-11H,4,7-8,12H2/t10-,11-/m1/s1. The highest BCUT2D eigenvalue weighted by Crippen LogP contribution is 2.33. The summed E-state index contributed by atoms with van der Waals surface area (Å²) >= 11 is 1.93. The SMILES string of the molecule is N[C@@H]1CCC[C@H]1Sc1ccccc1. The molecule has 13 heavy (non-hydrogen) atoms. The molecule has 2 heteroatoms. The van der Waals surface area contributed by atoms with E-state index in [0.29, 0.717) is 11.3 Å². The second-order valence-corrected chi connectivity index (χ2v) is 4.88. The minimum absolute atomic E-state index is 0.408. The predicted molar refractivity (Wildman–Crippen MR) is 57.9 cm³/mol. The Hall–Kier alpha value is -0.470. The lowest BCUT2D eigenvalue weighted by Gasteiger charge is -2.14. The van der Waals surface area contributed by atoms with Gasteiger partial charge in [-0.15, -0.1) is 11.8 Å². The van der Waals surface area contributed by atoms with Crippen LogP contribution in [-0.2, 0) is 0 Å². The molecule has 1 fully saturated rings. The summed E-state index contributed by atoms with van der Waals surface area (Å²) < 4.78 is 0. The summed E-state index contributed by atoms with van der Waals surface area (Å²) in [7, 11) is 0. The second-order valence-electron chi connectivity index (χ2n) is 3.56. The minimum atomic E-state index is 0.408. The molecular formula is C11H15NS. The molecule has 1 aliphatic carbocycles. The van der Waals surface area contributed by atoms with Crippen molar-refractivity contribution in [2.45, 2.75) is 35.4 Å². The van der Waals surface area contributed by atoms with E-state index in [0.717, 1.165) is 0 Å². The molecule has 2 N–H and O–H groups in total. The van der Waals surface area contributed by atoms with Gasteiger partial charge in [0, 0.05) is 16.2 Å². The summed E-state index contributed by atoms with van der Waals surface area (Å²) in [4.78, 5) is 1.35. The molecule has 1 aromatic carbocycles. The van der Waals surface area contributed by atoms with Gasteiger partial charge in [0.25, 0.3) is 0 Å². The summed E-state index contributed by atoms with van der Waals surface area (Å²) in [5, 5.41) is 0.641. The fraction of sp³-hybridized carbons (Fsp3) is 0.455. The zero-order valence-electron chi connectivity index (χ0n) is 7.65. The lowest BCUT2D eigenvalue weighted by molar-refractivity contribution is 0.716. The molecule has 0 saturated heterocycles. The summed E-state index contributed by atoms with van der Waals surface area (Å²) in [6, 6.07) is 11.0. The van der Waals surface area contributed by atoms with Gasteiger partial charge in [0.05, 0.1) is 0 Å². The van der Waals surface area contributed by atoms with Crippen molar-refractivity contribution in [2.75, 3.05) is 0 Å². The highest BCUT2D eigenvalue weighted by Gasteiger charge is 2.24. The van der Waals surface area contributed by atoms with Gasteiger partial charge in [0.1, 0.15) is 0 Å². The van der Waals surface area contributed by atoms with Crippen LogP contribution in [0.1, 0.15) is 19.3 Å². The molecule has 0 heterocycles. The molecule has 0 radical (unpaired) electrons. The van der Waals surface area contributed by atoms with E-state index in [1.165, 1.54) is 24.2 Å². The fourth-order valence-electron chi connectivity index (χ4n) is 1.77. The molecule has 0 bridgehead atoms. The predicted octanol–water partition coefficient (Wildman–Crippen LogP) is 2.66. The molecule has 1 saturated carbocycles. The number of thioether (sulfide) groups is 1. The normalized spacial score (nSPS) is 27.8. The first-order chi connectivity index (χ1) is 6.36. The van der Waals surface area contributed by atoms with Crippen molar-refractivity contribution < 1.29 is 0 Å². The maximum atomic E-state index is 6.01. The topological polar surface area (TPSA) is 26.0 Å². The monoisotopic (exact) mass is 193 g/mol. The van der Waals surface area contributed by atoms with E-state index in [1.807, 2.05) is 11.8 Å². The quantitative estimate of drug-likeness (QED) is 0.781. The number of hydrogen-bond donors (Lipinski definition) is 1. The van der Waals surface area contributed by atoms with Crippen LogP contribution in [0.4, 0.5) is 0 Å². The van der Waals surface area contributed by atoms with E-state index in [-0.39, 0.29) is 0 Å². The molecule has 0 amide bonds. The van der Waals surface area contributed by atoms with Crippen molar-refractivity contribution in [2.24, 2.45) is 5.73 Å². The zero-order valence-corrected chi connectivity index (χ0v) is 8.46. The number of benzene rings is 1. The van der Waals surface area contributed by atoms with Crippen LogP contribution < -0.4 is 5.73 Å². The number of nitrogens with two attached hydrogens (primary N) is 1. The van der Waals surface area contributed by atoms with Crippen molar-refractivity contribution in [1.29, 1.82) is 0 Å². The first kappa shape index (κ1) is 9.10. The summed E-state index contributed by atoms with van der Waals surface area (Å²) in [5.41, 5.74) is 6.01. The molecule has 0 spiro atoms. The van der Waals surface area contributed by atoms with Crippen LogP contribution in [-0.4, -0.2) is 11.3 Å². The number of hydrogen-bond acceptors (Lipinski definition) is 2. The van der Waals surface area contributed by atoms with Gasteiger partial charge in [0.15, 0.2) is 0 Å². The zero-order chi connectivity index (χ0) is 9.10. The Morgan fingerprint density at radius 2 is 1.92 bits per heavy atom. The Balaban J connectivity index is 1.98. The van der Waals surface area contributed by atoms with E-state index in [4.69, 9.17) is 5.73 Å². The molecule has 0 aliphatic heterocycles. The Bertz CT molecular complexity index is 260. The van der Waals surface area contributed by atoms with Crippen molar-refractivity contribution in [1.82, 2.24) is 0 Å². The van der Waals surface area contributed by atoms with E-state index < -0.39 is 0 Å². The highest BCUT2D eigenvalue weighted by atomic mass is 32.2. The highest BCUT2D eigenvalue weighted by molar-refractivity contribution is 8.00. The Morgan fingerprint density at radius 1 is 1.15 bits per heavy atom. The molecule has 0 unspecified atom stereocenters. The lowest BCUT2D eigenvalue weighted by Crippen LogP contribution is -2.26. The average molecular weight is 193 g/mol. The van der Waals surface area contributed by atoms with Crippen LogP contribution in [0.2, 0.25) is 0 Å². The van der Waals surface area contributed by atoms with Crippen LogP contribution >= 0.6 is 11.8 Å². The molecule has 1 aromatic rings. The molecular weight excluding hydrogens is 178 g/mol. The Labute approximate surface area is 83.7 Å². The first-order valence-electron chi connectivity index (χ1n) is 4.83. The van der Waals surface area contributed by atoms with Crippen molar-refractivity contribution in [3.05, 3.63) is 30.3 Å².